The quantitative estimate of drug-likeness (QED) is 0.122. The maximum atomic E-state index is 14.5. The number of pyridine rings is 1. The molecule has 2 atom stereocenters. The van der Waals surface area contributed by atoms with E-state index in [0.29, 0.717) is 38.2 Å². The Kier molecular flexibility index (Phi) is 11.8. The summed E-state index contributed by atoms with van der Waals surface area (Å²) in [6.07, 6.45) is -1.30. The van der Waals surface area contributed by atoms with Crippen molar-refractivity contribution in [3.05, 3.63) is 89.1 Å². The lowest BCUT2D eigenvalue weighted by atomic mass is 9.93. The lowest BCUT2D eigenvalue weighted by Crippen LogP contribution is -2.40. The van der Waals surface area contributed by atoms with E-state index in [1.807, 2.05) is 32.0 Å². The second-order valence-electron chi connectivity index (χ2n) is 15.1. The Labute approximate surface area is 310 Å². The zero-order chi connectivity index (χ0) is 39.6. The van der Waals surface area contributed by atoms with Gasteiger partial charge in [0.15, 0.2) is 15.7 Å². The van der Waals surface area contributed by atoms with Gasteiger partial charge in [0.25, 0.3) is 0 Å². The van der Waals surface area contributed by atoms with E-state index in [1.165, 1.54) is 23.2 Å². The third-order valence-electron chi connectivity index (χ3n) is 8.68. The SMILES string of the molecule is Cc1cc(C(Nc2ccc3c(N(C(=O)O)C(=O)OC(C)(C)C)nccc3c2)C(=O)N(C)Cc2cc(N)ccc2S(=O)(=O)C(C)(C)C)ccc1[C@@H](C)CO. The average Bonchev–Trinajstić information content (AvgIpc) is 3.05. The number of amides is 3. The van der Waals surface area contributed by atoms with E-state index in [2.05, 4.69) is 10.3 Å². The number of nitrogen functional groups attached to an aromatic ring is 1. The van der Waals surface area contributed by atoms with Gasteiger partial charge in [0, 0.05) is 49.1 Å². The Morgan fingerprint density at radius 3 is 2.25 bits per heavy atom. The number of nitrogens with zero attached hydrogens (tertiary/aromatic N) is 3. The molecule has 53 heavy (non-hydrogen) atoms. The number of carboxylic acid groups (broad SMARTS) is 1. The molecule has 0 saturated carbocycles. The molecule has 3 amide bonds. The second-order valence-corrected chi connectivity index (χ2v) is 17.8. The third kappa shape index (κ3) is 9.06. The van der Waals surface area contributed by atoms with E-state index in [9.17, 15) is 33.0 Å². The number of rotatable bonds is 10. The van der Waals surface area contributed by atoms with Crippen LogP contribution in [0.3, 0.4) is 0 Å². The summed E-state index contributed by atoms with van der Waals surface area (Å²) in [4.78, 5) is 45.8. The van der Waals surface area contributed by atoms with Gasteiger partial charge >= 0.3 is 12.2 Å². The maximum Gasteiger partial charge on any atom is 0.425 e. The smallest absolute Gasteiger partial charge is 0.425 e. The fraction of sp³-hybridized carbons (Fsp3) is 0.385. The van der Waals surface area contributed by atoms with Crippen molar-refractivity contribution in [2.75, 3.05) is 29.6 Å². The summed E-state index contributed by atoms with van der Waals surface area (Å²) >= 11 is 0. The highest BCUT2D eigenvalue weighted by atomic mass is 32.2. The van der Waals surface area contributed by atoms with E-state index >= 15 is 0 Å². The maximum absolute atomic E-state index is 14.5. The number of nitrogens with one attached hydrogen (secondary N) is 1. The van der Waals surface area contributed by atoms with Crippen LogP contribution in [-0.2, 0) is 25.9 Å². The molecule has 14 heteroatoms. The number of benzene rings is 3. The van der Waals surface area contributed by atoms with Crippen LogP contribution in [0.1, 0.15) is 82.7 Å². The van der Waals surface area contributed by atoms with Gasteiger partial charge in [0.2, 0.25) is 5.91 Å². The predicted molar refractivity (Wildman–Crippen MR) is 206 cm³/mol. The molecule has 3 aromatic carbocycles. The molecular weight excluding hydrogens is 699 g/mol. The molecule has 0 fully saturated rings. The molecular formula is C39H49N5O8S. The number of nitrogens with two attached hydrogens (primary N) is 1. The van der Waals surface area contributed by atoms with Crippen LogP contribution < -0.4 is 16.0 Å². The number of carbonyl (C=O) groups is 3. The lowest BCUT2D eigenvalue weighted by molar-refractivity contribution is -0.131. The van der Waals surface area contributed by atoms with Crippen LogP contribution in [0.25, 0.3) is 10.8 Å². The molecule has 0 radical (unpaired) electrons. The van der Waals surface area contributed by atoms with Gasteiger partial charge in [-0.15, -0.1) is 0 Å². The van der Waals surface area contributed by atoms with Gasteiger partial charge in [0.1, 0.15) is 11.6 Å². The lowest BCUT2D eigenvalue weighted by Gasteiger charge is -2.28. The number of aryl methyl sites for hydroxylation is 1. The standard InChI is InChI=1S/C39H49N5O8S/c1-23-18-26(10-13-30(23)24(2)22-45)33(35(46)43(9)21-27-19-28(40)11-15-32(27)53(50,51)39(6,7)8)42-29-12-14-31-25(20-29)16-17-41-34(31)44(36(47)48)37(49)52-38(3,4)5/h10-20,24,33,42,45H,21-22,40H2,1-9H3,(H,47,48)/t24-,33?/m0/s1. The van der Waals surface area contributed by atoms with E-state index in [4.69, 9.17) is 10.5 Å². The summed E-state index contributed by atoms with van der Waals surface area (Å²) in [6.45, 7) is 13.4. The zero-order valence-corrected chi connectivity index (χ0v) is 32.4. The fourth-order valence-corrected chi connectivity index (χ4v) is 7.22. The zero-order valence-electron chi connectivity index (χ0n) is 31.6. The number of ether oxygens (including phenoxy) is 1. The Balaban J connectivity index is 1.78. The van der Waals surface area contributed by atoms with Crippen molar-refractivity contribution in [3.63, 3.8) is 0 Å². The summed E-state index contributed by atoms with van der Waals surface area (Å²) in [5.74, 6) is -0.656. The van der Waals surface area contributed by atoms with Crippen molar-refractivity contribution in [3.8, 4) is 0 Å². The first-order valence-electron chi connectivity index (χ1n) is 17.1. The molecule has 4 aromatic rings. The van der Waals surface area contributed by atoms with Crippen molar-refractivity contribution in [2.24, 2.45) is 0 Å². The molecule has 284 valence electrons. The third-order valence-corrected chi connectivity index (χ3v) is 11.3. The van der Waals surface area contributed by atoms with Crippen LogP contribution in [0.4, 0.5) is 26.8 Å². The van der Waals surface area contributed by atoms with E-state index < -0.39 is 38.4 Å². The van der Waals surface area contributed by atoms with Gasteiger partial charge in [-0.25, -0.2) is 23.0 Å². The molecule has 13 nitrogen and oxygen atoms in total. The van der Waals surface area contributed by atoms with Crippen LogP contribution in [0.2, 0.25) is 0 Å². The van der Waals surface area contributed by atoms with Crippen molar-refractivity contribution >= 4 is 55.9 Å². The number of aliphatic hydroxyl groups excluding tert-OH is 1. The van der Waals surface area contributed by atoms with E-state index in [0.717, 1.165) is 11.1 Å². The molecule has 0 saturated heterocycles. The van der Waals surface area contributed by atoms with Crippen LogP contribution >= 0.6 is 0 Å². The predicted octanol–water partition coefficient (Wildman–Crippen LogP) is 7.02. The number of sulfone groups is 1. The van der Waals surface area contributed by atoms with Gasteiger partial charge in [-0.2, -0.15) is 4.90 Å². The van der Waals surface area contributed by atoms with Gasteiger partial charge in [-0.05, 0) is 119 Å². The summed E-state index contributed by atoms with van der Waals surface area (Å²) in [6, 6.07) is 15.7. The topological polar surface area (TPSA) is 192 Å². The summed E-state index contributed by atoms with van der Waals surface area (Å²) in [5, 5.41) is 23.9. The average molecular weight is 748 g/mol. The minimum Gasteiger partial charge on any atom is -0.464 e. The number of carbonyl (C=O) groups excluding carboxylic acids is 2. The summed E-state index contributed by atoms with van der Waals surface area (Å²) in [5.41, 5.74) is 8.75. The van der Waals surface area contributed by atoms with E-state index in [-0.39, 0.29) is 35.7 Å². The second kappa shape index (κ2) is 15.4. The summed E-state index contributed by atoms with van der Waals surface area (Å²) < 4.78 is 31.3. The molecule has 0 bridgehead atoms. The first-order valence-corrected chi connectivity index (χ1v) is 18.5. The highest BCUT2D eigenvalue weighted by Crippen LogP contribution is 2.33. The number of aliphatic hydroxyl groups is 1. The largest absolute Gasteiger partial charge is 0.464 e. The monoisotopic (exact) mass is 747 g/mol. The van der Waals surface area contributed by atoms with Crippen LogP contribution in [0.5, 0.6) is 0 Å². The fourth-order valence-electron chi connectivity index (χ4n) is 5.85. The van der Waals surface area contributed by atoms with Gasteiger partial charge in [0.05, 0.1) is 9.64 Å². The summed E-state index contributed by atoms with van der Waals surface area (Å²) in [7, 11) is -2.21. The minimum absolute atomic E-state index is 0.0509. The molecule has 1 aromatic heterocycles. The van der Waals surface area contributed by atoms with Crippen molar-refractivity contribution in [1.29, 1.82) is 0 Å². The Morgan fingerprint density at radius 1 is 0.981 bits per heavy atom. The molecule has 0 aliphatic heterocycles. The van der Waals surface area contributed by atoms with Gasteiger partial charge in [-0.3, -0.25) is 4.79 Å². The molecule has 0 aliphatic rings. The molecule has 0 aliphatic carbocycles. The number of hydrogen-bond acceptors (Lipinski definition) is 10. The number of fused-ring (bicyclic) bond motifs is 1. The first-order chi connectivity index (χ1) is 24.5. The number of hydrogen-bond donors (Lipinski definition) is 4. The van der Waals surface area contributed by atoms with Gasteiger partial charge < -0.3 is 30.9 Å². The van der Waals surface area contributed by atoms with Crippen LogP contribution in [0.15, 0.2) is 71.8 Å². The van der Waals surface area contributed by atoms with Gasteiger partial charge in [-0.1, -0.05) is 25.1 Å². The van der Waals surface area contributed by atoms with Crippen molar-refractivity contribution in [2.45, 2.75) is 89.1 Å². The number of likely N-dealkylation sites (N-methyl/N-ethyl adjacent to an activating group) is 1. The first kappa shape index (κ1) is 40.6. The Hall–Kier alpha value is -5.21. The molecule has 4 rings (SSSR count). The van der Waals surface area contributed by atoms with Crippen molar-refractivity contribution < 1.29 is 37.8 Å². The molecule has 5 N–H and O–H groups in total. The normalized spacial score (nSPS) is 13.2. The molecule has 0 spiro atoms. The number of aromatic nitrogens is 1. The van der Waals surface area contributed by atoms with Crippen LogP contribution in [-0.4, -0.2) is 70.6 Å². The minimum atomic E-state index is -3.79. The van der Waals surface area contributed by atoms with Crippen LogP contribution in [0, 0.1) is 6.92 Å². The van der Waals surface area contributed by atoms with E-state index in [1.54, 1.807) is 78.9 Å². The highest BCUT2D eigenvalue weighted by molar-refractivity contribution is 7.92. The number of anilines is 3. The van der Waals surface area contributed by atoms with Crippen molar-refractivity contribution in [1.82, 2.24) is 9.88 Å². The molecule has 1 unspecified atom stereocenters. The Bertz CT molecular complexity index is 2140. The molecule has 1 heterocycles. The Morgan fingerprint density at radius 2 is 1.66 bits per heavy atom. The highest BCUT2D eigenvalue weighted by Gasteiger charge is 2.34. The number of imide groups is 1.